The molecule has 0 unspecified atom stereocenters. The van der Waals surface area contributed by atoms with Gasteiger partial charge in [-0.15, -0.1) is 11.3 Å². The van der Waals surface area contributed by atoms with Crippen LogP contribution in [0.15, 0.2) is 87.0 Å². The second kappa shape index (κ2) is 7.90. The second-order valence-electron chi connectivity index (χ2n) is 5.99. The SMILES string of the molecule is O=c1c2ccsc2nc(SCCS(=O)(=O)c2ccccc2)n1-c1ccccc1. The fourth-order valence-corrected chi connectivity index (χ4v) is 6.27. The molecule has 4 aromatic rings. The lowest BCUT2D eigenvalue weighted by molar-refractivity contribution is 0.597. The maximum atomic E-state index is 13.0. The number of thioether (sulfide) groups is 1. The third kappa shape index (κ3) is 3.76. The van der Waals surface area contributed by atoms with Gasteiger partial charge < -0.3 is 0 Å². The summed E-state index contributed by atoms with van der Waals surface area (Å²) in [4.78, 5) is 18.6. The van der Waals surface area contributed by atoms with Crippen LogP contribution in [0.1, 0.15) is 0 Å². The molecule has 0 amide bonds. The van der Waals surface area contributed by atoms with Crippen LogP contribution in [-0.4, -0.2) is 29.5 Å². The molecular weight excluding hydrogens is 412 g/mol. The van der Waals surface area contributed by atoms with Crippen LogP contribution in [0, 0.1) is 0 Å². The van der Waals surface area contributed by atoms with Crippen LogP contribution >= 0.6 is 23.1 Å². The molecular formula is C20H16N2O3S3. The molecule has 0 radical (unpaired) electrons. The van der Waals surface area contributed by atoms with E-state index in [2.05, 4.69) is 4.98 Å². The summed E-state index contributed by atoms with van der Waals surface area (Å²) < 4.78 is 26.6. The van der Waals surface area contributed by atoms with Crippen LogP contribution in [0.3, 0.4) is 0 Å². The number of thiophene rings is 1. The number of aromatic nitrogens is 2. The molecule has 4 rings (SSSR count). The van der Waals surface area contributed by atoms with Crippen molar-refractivity contribution in [3.05, 3.63) is 82.5 Å². The van der Waals surface area contributed by atoms with E-state index in [0.717, 1.165) is 0 Å². The molecule has 0 atom stereocenters. The molecule has 0 saturated heterocycles. The van der Waals surface area contributed by atoms with Gasteiger partial charge in [0.15, 0.2) is 15.0 Å². The Labute approximate surface area is 170 Å². The first kappa shape index (κ1) is 18.9. The van der Waals surface area contributed by atoms with Crippen molar-refractivity contribution in [2.75, 3.05) is 11.5 Å². The minimum Gasteiger partial charge on any atom is -0.268 e. The smallest absolute Gasteiger partial charge is 0.267 e. The van der Waals surface area contributed by atoms with Gasteiger partial charge in [0.1, 0.15) is 4.83 Å². The van der Waals surface area contributed by atoms with Crippen LogP contribution in [0.25, 0.3) is 15.9 Å². The van der Waals surface area contributed by atoms with Gasteiger partial charge in [-0.1, -0.05) is 48.2 Å². The first-order chi connectivity index (χ1) is 13.6. The molecule has 142 valence electrons. The number of hydrogen-bond donors (Lipinski definition) is 0. The lowest BCUT2D eigenvalue weighted by Gasteiger charge is -2.12. The normalized spacial score (nSPS) is 11.7. The highest BCUT2D eigenvalue weighted by atomic mass is 32.2. The van der Waals surface area contributed by atoms with Crippen molar-refractivity contribution in [2.45, 2.75) is 10.1 Å². The Bertz CT molecular complexity index is 1260. The van der Waals surface area contributed by atoms with E-state index in [1.807, 2.05) is 35.7 Å². The molecule has 2 aromatic carbocycles. The highest BCUT2D eigenvalue weighted by molar-refractivity contribution is 8.00. The highest BCUT2D eigenvalue weighted by Crippen LogP contribution is 2.24. The average Bonchev–Trinajstić information content (AvgIpc) is 3.18. The van der Waals surface area contributed by atoms with Crippen molar-refractivity contribution in [3.63, 3.8) is 0 Å². The lowest BCUT2D eigenvalue weighted by Crippen LogP contribution is -2.21. The second-order valence-corrected chi connectivity index (χ2v) is 10.1. The van der Waals surface area contributed by atoms with Gasteiger partial charge >= 0.3 is 0 Å². The average molecular weight is 429 g/mol. The number of benzene rings is 2. The maximum Gasteiger partial charge on any atom is 0.267 e. The largest absolute Gasteiger partial charge is 0.268 e. The molecule has 5 nitrogen and oxygen atoms in total. The summed E-state index contributed by atoms with van der Waals surface area (Å²) in [6, 6.07) is 19.4. The van der Waals surface area contributed by atoms with Gasteiger partial charge in [0, 0.05) is 5.75 Å². The Morgan fingerprint density at radius 3 is 2.36 bits per heavy atom. The van der Waals surface area contributed by atoms with Crippen molar-refractivity contribution in [1.82, 2.24) is 9.55 Å². The summed E-state index contributed by atoms with van der Waals surface area (Å²) in [6.07, 6.45) is 0. The van der Waals surface area contributed by atoms with Crippen LogP contribution < -0.4 is 5.56 Å². The van der Waals surface area contributed by atoms with E-state index in [-0.39, 0.29) is 11.3 Å². The van der Waals surface area contributed by atoms with Crippen LogP contribution in [0.4, 0.5) is 0 Å². The predicted molar refractivity (Wildman–Crippen MR) is 114 cm³/mol. The maximum absolute atomic E-state index is 13.0. The third-order valence-corrected chi connectivity index (χ3v) is 7.90. The van der Waals surface area contributed by atoms with Gasteiger partial charge in [-0.3, -0.25) is 9.36 Å². The summed E-state index contributed by atoms with van der Waals surface area (Å²) in [7, 11) is -3.38. The summed E-state index contributed by atoms with van der Waals surface area (Å²) >= 11 is 2.67. The Kier molecular flexibility index (Phi) is 5.34. The fraction of sp³-hybridized carbons (Fsp3) is 0.100. The Morgan fingerprint density at radius 2 is 1.64 bits per heavy atom. The van der Waals surface area contributed by atoms with E-state index in [0.29, 0.717) is 31.7 Å². The molecule has 0 bridgehead atoms. The number of para-hydroxylation sites is 1. The fourth-order valence-electron chi connectivity index (χ4n) is 2.78. The van der Waals surface area contributed by atoms with Gasteiger partial charge in [0.25, 0.3) is 5.56 Å². The summed E-state index contributed by atoms with van der Waals surface area (Å²) in [5, 5.41) is 2.90. The molecule has 0 aliphatic carbocycles. The van der Waals surface area contributed by atoms with E-state index < -0.39 is 9.84 Å². The van der Waals surface area contributed by atoms with Crippen molar-refractivity contribution < 1.29 is 8.42 Å². The molecule has 0 fully saturated rings. The molecule has 0 saturated carbocycles. The van der Waals surface area contributed by atoms with Gasteiger partial charge in [-0.25, -0.2) is 13.4 Å². The van der Waals surface area contributed by atoms with E-state index >= 15 is 0 Å². The monoisotopic (exact) mass is 428 g/mol. The van der Waals surface area contributed by atoms with Gasteiger partial charge in [0.05, 0.1) is 21.7 Å². The van der Waals surface area contributed by atoms with E-state index in [1.165, 1.54) is 23.1 Å². The van der Waals surface area contributed by atoms with Gasteiger partial charge in [-0.05, 0) is 35.7 Å². The first-order valence-corrected chi connectivity index (χ1v) is 12.0. The molecule has 0 aliphatic heterocycles. The zero-order chi connectivity index (χ0) is 19.6. The van der Waals surface area contributed by atoms with Crippen LogP contribution in [0.5, 0.6) is 0 Å². The number of fused-ring (bicyclic) bond motifs is 1. The third-order valence-electron chi connectivity index (χ3n) is 4.17. The molecule has 2 heterocycles. The van der Waals surface area contributed by atoms with Crippen molar-refractivity contribution >= 4 is 43.2 Å². The minimum absolute atomic E-state index is 0.0329. The van der Waals surface area contributed by atoms with E-state index in [4.69, 9.17) is 0 Å². The summed E-state index contributed by atoms with van der Waals surface area (Å²) in [5.41, 5.74) is 0.562. The molecule has 28 heavy (non-hydrogen) atoms. The zero-order valence-electron chi connectivity index (χ0n) is 14.7. The Morgan fingerprint density at radius 1 is 0.964 bits per heavy atom. The number of hydrogen-bond acceptors (Lipinski definition) is 6. The van der Waals surface area contributed by atoms with Crippen LogP contribution in [-0.2, 0) is 9.84 Å². The van der Waals surface area contributed by atoms with E-state index in [9.17, 15) is 13.2 Å². The zero-order valence-corrected chi connectivity index (χ0v) is 17.1. The molecule has 0 aliphatic rings. The number of sulfone groups is 1. The summed E-state index contributed by atoms with van der Waals surface area (Å²) in [5.74, 6) is 0.266. The van der Waals surface area contributed by atoms with Crippen molar-refractivity contribution in [1.29, 1.82) is 0 Å². The number of nitrogens with zero attached hydrogens (tertiary/aromatic N) is 2. The van der Waals surface area contributed by atoms with Gasteiger partial charge in [-0.2, -0.15) is 0 Å². The Balaban J connectivity index is 1.66. The van der Waals surface area contributed by atoms with E-state index in [1.54, 1.807) is 41.0 Å². The molecule has 2 aromatic heterocycles. The molecule has 0 spiro atoms. The quantitative estimate of drug-likeness (QED) is 0.343. The van der Waals surface area contributed by atoms with Crippen molar-refractivity contribution in [2.24, 2.45) is 0 Å². The lowest BCUT2D eigenvalue weighted by atomic mass is 10.3. The molecule has 8 heteroatoms. The predicted octanol–water partition coefficient (Wildman–Crippen LogP) is 4.01. The van der Waals surface area contributed by atoms with Crippen molar-refractivity contribution in [3.8, 4) is 5.69 Å². The Hall–Kier alpha value is -2.42. The summed E-state index contributed by atoms with van der Waals surface area (Å²) in [6.45, 7) is 0. The molecule has 0 N–H and O–H groups in total. The minimum atomic E-state index is -3.38. The van der Waals surface area contributed by atoms with Crippen LogP contribution in [0.2, 0.25) is 0 Å². The topological polar surface area (TPSA) is 69.0 Å². The first-order valence-electron chi connectivity index (χ1n) is 8.52. The highest BCUT2D eigenvalue weighted by Gasteiger charge is 2.17. The number of rotatable bonds is 6. The standard InChI is InChI=1S/C20H16N2O3S3/c23-19-17-11-12-26-18(17)21-20(22(19)15-7-3-1-4-8-15)27-13-14-28(24,25)16-9-5-2-6-10-16/h1-12H,13-14H2. The van der Waals surface area contributed by atoms with Gasteiger partial charge in [0.2, 0.25) is 0 Å².